The van der Waals surface area contributed by atoms with Crippen molar-refractivity contribution >= 4 is 11.8 Å². The lowest BCUT2D eigenvalue weighted by Gasteiger charge is -2.40. The Balaban J connectivity index is 1.26. The van der Waals surface area contributed by atoms with E-state index in [0.29, 0.717) is 72.5 Å². The Hall–Kier alpha value is -5.29. The van der Waals surface area contributed by atoms with Gasteiger partial charge in [0.15, 0.2) is 28.6 Å². The Morgan fingerprint density at radius 2 is 1.51 bits per heavy atom. The Morgan fingerprint density at radius 1 is 0.830 bits per heavy atom. The Bertz CT molecular complexity index is 1690. The lowest BCUT2D eigenvalue weighted by atomic mass is 9.89. The summed E-state index contributed by atoms with van der Waals surface area (Å²) >= 11 is 0. The van der Waals surface area contributed by atoms with Crippen LogP contribution >= 0.6 is 0 Å². The number of likely N-dealkylation sites (tertiary alicyclic amines) is 1. The molecule has 47 heavy (non-hydrogen) atoms. The molecule has 0 radical (unpaired) electrons. The molecule has 1 spiro atoms. The van der Waals surface area contributed by atoms with Crippen LogP contribution in [0.25, 0.3) is 0 Å². The van der Waals surface area contributed by atoms with Crippen LogP contribution in [0.5, 0.6) is 34.5 Å². The van der Waals surface area contributed by atoms with E-state index in [1.54, 1.807) is 68.0 Å². The standard InChI is InChI=1S/C36H38N4O7/c1-43-32-21-26-3-9-30(32)46-31-10-4-27(22-33(31)44-2)34(41)38-17-20-45-28-5-7-29(8-6-28)47-36(35(42)39-23-26)13-18-40(19-14-36)24-25-11-15-37-16-12-25/h3-12,15-16,21-22H,13-14,17-20,23-24H2,1-2H3,(H,38,41)(H,39,42). The molecule has 0 atom stereocenters. The highest BCUT2D eigenvalue weighted by Gasteiger charge is 2.43. The molecule has 7 aliphatic rings. The first-order valence-corrected chi connectivity index (χ1v) is 15.6. The van der Waals surface area contributed by atoms with Gasteiger partial charge in [0.25, 0.3) is 11.8 Å². The zero-order chi connectivity index (χ0) is 32.6. The fraction of sp³-hybridized carbons (Fsp3) is 0.306. The molecule has 1 saturated heterocycles. The van der Waals surface area contributed by atoms with Crippen molar-refractivity contribution in [2.45, 2.75) is 31.5 Å². The molecule has 1 fully saturated rings. The molecule has 0 saturated carbocycles. The zero-order valence-electron chi connectivity index (χ0n) is 26.5. The van der Waals surface area contributed by atoms with Gasteiger partial charge in [-0.1, -0.05) is 6.07 Å². The van der Waals surface area contributed by atoms with Crippen molar-refractivity contribution in [2.24, 2.45) is 0 Å². The van der Waals surface area contributed by atoms with Crippen molar-refractivity contribution in [1.82, 2.24) is 20.5 Å². The number of amides is 2. The molecule has 11 heteroatoms. The van der Waals surface area contributed by atoms with Gasteiger partial charge in [0, 0.05) is 57.0 Å². The van der Waals surface area contributed by atoms with E-state index >= 15 is 0 Å². The summed E-state index contributed by atoms with van der Waals surface area (Å²) in [6.07, 6.45) is 4.61. The van der Waals surface area contributed by atoms with Crippen LogP contribution in [0, 0.1) is 0 Å². The number of nitrogens with one attached hydrogen (secondary N) is 2. The largest absolute Gasteiger partial charge is 0.493 e. The number of carbonyl (C=O) groups excluding carboxylic acids is 2. The summed E-state index contributed by atoms with van der Waals surface area (Å²) in [5.74, 6) is 2.49. The summed E-state index contributed by atoms with van der Waals surface area (Å²) in [4.78, 5) is 33.2. The smallest absolute Gasteiger partial charge is 0.264 e. The molecule has 7 aliphatic heterocycles. The highest BCUT2D eigenvalue weighted by atomic mass is 16.5. The minimum atomic E-state index is -1.06. The third kappa shape index (κ3) is 7.58. The minimum absolute atomic E-state index is 0.181. The van der Waals surface area contributed by atoms with E-state index < -0.39 is 5.60 Å². The van der Waals surface area contributed by atoms with Gasteiger partial charge >= 0.3 is 0 Å². The average Bonchev–Trinajstić information content (AvgIpc) is 3.11. The number of pyridine rings is 1. The summed E-state index contributed by atoms with van der Waals surface area (Å²) in [7, 11) is 3.07. The maximum atomic E-state index is 14.0. The lowest BCUT2D eigenvalue weighted by Crippen LogP contribution is -2.57. The van der Waals surface area contributed by atoms with Crippen LogP contribution in [0.3, 0.4) is 0 Å². The van der Waals surface area contributed by atoms with Crippen molar-refractivity contribution in [3.8, 4) is 34.5 Å². The van der Waals surface area contributed by atoms with Crippen LogP contribution in [0.15, 0.2) is 85.2 Å². The summed E-state index contributed by atoms with van der Waals surface area (Å²) in [6, 6.07) is 21.7. The number of nitrogens with zero attached hydrogens (tertiary/aromatic N) is 2. The first-order valence-electron chi connectivity index (χ1n) is 15.6. The second kappa shape index (κ2) is 14.4. The number of ether oxygens (including phenoxy) is 5. The number of hydrogen-bond acceptors (Lipinski definition) is 9. The first kappa shape index (κ1) is 31.7. The molecule has 8 heterocycles. The van der Waals surface area contributed by atoms with Gasteiger partial charge in [-0.25, -0.2) is 0 Å². The number of aromatic nitrogens is 1. The number of hydrogen-bond donors (Lipinski definition) is 2. The van der Waals surface area contributed by atoms with Crippen molar-refractivity contribution in [2.75, 3.05) is 40.5 Å². The lowest BCUT2D eigenvalue weighted by molar-refractivity contribution is -0.141. The Kier molecular flexibility index (Phi) is 9.72. The van der Waals surface area contributed by atoms with Crippen LogP contribution in [0.1, 0.15) is 34.3 Å². The van der Waals surface area contributed by atoms with E-state index in [0.717, 1.165) is 12.1 Å². The number of piperidine rings is 1. The third-order valence-electron chi connectivity index (χ3n) is 8.35. The molecule has 2 amide bonds. The SMILES string of the molecule is COc1cc2ccc1Oc1ccc(cc1OC)C(=O)NCCOc1ccc(cc1)OC1(CCN(Cc3ccncc3)CC1)C(=O)NC2. The fourth-order valence-corrected chi connectivity index (χ4v) is 5.72. The highest BCUT2D eigenvalue weighted by Crippen LogP contribution is 2.38. The molecule has 0 unspecified atom stereocenters. The predicted octanol–water partition coefficient (Wildman–Crippen LogP) is 4.74. The monoisotopic (exact) mass is 638 g/mol. The van der Waals surface area contributed by atoms with Gasteiger partial charge in [-0.15, -0.1) is 0 Å². The summed E-state index contributed by atoms with van der Waals surface area (Å²) in [5.41, 5.74) is 1.36. The zero-order valence-corrected chi connectivity index (χ0v) is 26.5. The molecule has 11 nitrogen and oxygen atoms in total. The van der Waals surface area contributed by atoms with Gasteiger partial charge < -0.3 is 34.3 Å². The second-order valence-electron chi connectivity index (χ2n) is 11.4. The third-order valence-corrected chi connectivity index (χ3v) is 8.35. The van der Waals surface area contributed by atoms with E-state index in [-0.39, 0.29) is 25.0 Å². The van der Waals surface area contributed by atoms with Crippen molar-refractivity contribution < 1.29 is 33.3 Å². The normalized spacial score (nSPS) is 16.8. The van der Waals surface area contributed by atoms with E-state index in [4.69, 9.17) is 23.7 Å². The number of benzene rings is 3. The van der Waals surface area contributed by atoms with E-state index in [9.17, 15) is 9.59 Å². The predicted molar refractivity (Wildman–Crippen MR) is 174 cm³/mol. The fourth-order valence-electron chi connectivity index (χ4n) is 5.72. The van der Waals surface area contributed by atoms with Gasteiger partial charge in [-0.05, 0) is 77.9 Å². The molecule has 4 aromatic rings. The van der Waals surface area contributed by atoms with Crippen LogP contribution in [-0.4, -0.2) is 67.8 Å². The molecule has 11 rings (SSSR count). The molecular formula is C36H38N4O7. The summed E-state index contributed by atoms with van der Waals surface area (Å²) in [5, 5.41) is 5.99. The van der Waals surface area contributed by atoms with E-state index in [2.05, 4.69) is 20.5 Å². The Morgan fingerprint density at radius 3 is 2.23 bits per heavy atom. The number of carbonyl (C=O) groups is 2. The number of methoxy groups -OCH3 is 2. The van der Waals surface area contributed by atoms with Gasteiger partial charge in [0.1, 0.15) is 18.1 Å². The summed E-state index contributed by atoms with van der Waals surface area (Å²) < 4.78 is 29.7. The maximum absolute atomic E-state index is 14.0. The van der Waals surface area contributed by atoms with E-state index in [1.807, 2.05) is 24.3 Å². The molecule has 0 aliphatic carbocycles. The van der Waals surface area contributed by atoms with Crippen LogP contribution in [0.4, 0.5) is 0 Å². The highest BCUT2D eigenvalue weighted by molar-refractivity contribution is 5.94. The van der Waals surface area contributed by atoms with Crippen molar-refractivity contribution in [1.29, 1.82) is 0 Å². The first-order chi connectivity index (χ1) is 22.9. The molecule has 1 aromatic heterocycles. The molecule has 244 valence electrons. The van der Waals surface area contributed by atoms with Crippen LogP contribution < -0.4 is 34.3 Å². The van der Waals surface area contributed by atoms with Crippen molar-refractivity contribution in [3.05, 3.63) is 102 Å². The van der Waals surface area contributed by atoms with Crippen LogP contribution in [-0.2, 0) is 17.9 Å². The van der Waals surface area contributed by atoms with Gasteiger partial charge in [-0.2, -0.15) is 0 Å². The van der Waals surface area contributed by atoms with E-state index in [1.165, 1.54) is 12.7 Å². The van der Waals surface area contributed by atoms with Gasteiger partial charge in [0.2, 0.25) is 0 Å². The van der Waals surface area contributed by atoms with Crippen LogP contribution in [0.2, 0.25) is 0 Å². The minimum Gasteiger partial charge on any atom is -0.493 e. The van der Waals surface area contributed by atoms with Gasteiger partial charge in [0.05, 0.1) is 20.8 Å². The molecule has 6 bridgehead atoms. The Labute approximate surface area is 273 Å². The average molecular weight is 639 g/mol. The van der Waals surface area contributed by atoms with Gasteiger partial charge in [-0.3, -0.25) is 19.5 Å². The molecular weight excluding hydrogens is 600 g/mol. The second-order valence-corrected chi connectivity index (χ2v) is 11.4. The summed E-state index contributed by atoms with van der Waals surface area (Å²) in [6.45, 7) is 2.97. The molecule has 2 N–H and O–H groups in total. The molecule has 3 aromatic carbocycles. The number of rotatable bonds is 4. The topological polar surface area (TPSA) is 120 Å². The quantitative estimate of drug-likeness (QED) is 0.327. The maximum Gasteiger partial charge on any atom is 0.264 e. The van der Waals surface area contributed by atoms with Crippen molar-refractivity contribution in [3.63, 3.8) is 0 Å².